The van der Waals surface area contributed by atoms with Crippen LogP contribution in [-0.4, -0.2) is 16.3 Å². The molecule has 1 aromatic carbocycles. The number of halogens is 1. The minimum atomic E-state index is 0.767. The van der Waals surface area contributed by atoms with Crippen molar-refractivity contribution in [2.45, 2.75) is 40.3 Å². The minimum Gasteiger partial charge on any atom is -0.313 e. The first-order valence-corrected chi connectivity index (χ1v) is 7.57. The van der Waals surface area contributed by atoms with E-state index in [1.165, 1.54) is 16.7 Å². The molecule has 108 valence electrons. The van der Waals surface area contributed by atoms with Gasteiger partial charge in [0.25, 0.3) is 0 Å². The van der Waals surface area contributed by atoms with Gasteiger partial charge in [0, 0.05) is 29.9 Å². The van der Waals surface area contributed by atoms with E-state index in [1.807, 2.05) is 23.7 Å². The molecule has 0 amide bonds. The Morgan fingerprint density at radius 1 is 1.25 bits per heavy atom. The molecule has 0 aliphatic heterocycles. The van der Waals surface area contributed by atoms with Crippen molar-refractivity contribution in [1.82, 2.24) is 15.1 Å². The van der Waals surface area contributed by atoms with Crippen LogP contribution in [0.25, 0.3) is 11.1 Å². The van der Waals surface area contributed by atoms with Gasteiger partial charge in [-0.3, -0.25) is 4.68 Å². The van der Waals surface area contributed by atoms with Crippen molar-refractivity contribution in [2.75, 3.05) is 6.54 Å². The SMILES string of the molecule is CCCNCc1ccc(Cl)cc1-c1cn(CC)nc1C. The molecular weight excluding hydrogens is 270 g/mol. The van der Waals surface area contributed by atoms with Gasteiger partial charge >= 0.3 is 0 Å². The third-order valence-electron chi connectivity index (χ3n) is 3.37. The maximum atomic E-state index is 6.17. The van der Waals surface area contributed by atoms with Gasteiger partial charge in [-0.2, -0.15) is 5.10 Å². The monoisotopic (exact) mass is 291 g/mol. The van der Waals surface area contributed by atoms with Crippen molar-refractivity contribution in [1.29, 1.82) is 0 Å². The quantitative estimate of drug-likeness (QED) is 0.814. The van der Waals surface area contributed by atoms with Gasteiger partial charge < -0.3 is 5.32 Å². The molecule has 0 aliphatic rings. The maximum Gasteiger partial charge on any atom is 0.0672 e. The molecule has 2 aromatic rings. The molecule has 0 fully saturated rings. The summed E-state index contributed by atoms with van der Waals surface area (Å²) in [6.07, 6.45) is 3.24. The lowest BCUT2D eigenvalue weighted by molar-refractivity contribution is 0.653. The van der Waals surface area contributed by atoms with Gasteiger partial charge in [0.2, 0.25) is 0 Å². The lowest BCUT2D eigenvalue weighted by Crippen LogP contribution is -2.14. The smallest absolute Gasteiger partial charge is 0.0672 e. The number of nitrogens with one attached hydrogen (secondary N) is 1. The average Bonchev–Trinajstić information content (AvgIpc) is 2.82. The molecule has 0 spiro atoms. The summed E-state index contributed by atoms with van der Waals surface area (Å²) in [5.41, 5.74) is 4.66. The third-order valence-corrected chi connectivity index (χ3v) is 3.61. The van der Waals surface area contributed by atoms with E-state index >= 15 is 0 Å². The lowest BCUT2D eigenvalue weighted by atomic mass is 10.0. The van der Waals surface area contributed by atoms with Crippen molar-refractivity contribution in [3.05, 3.63) is 40.7 Å². The van der Waals surface area contributed by atoms with Crippen LogP contribution < -0.4 is 5.32 Å². The molecular formula is C16H22ClN3. The summed E-state index contributed by atoms with van der Waals surface area (Å²) in [6.45, 7) is 9.08. The van der Waals surface area contributed by atoms with Crippen LogP contribution in [0.3, 0.4) is 0 Å². The van der Waals surface area contributed by atoms with Crippen LogP contribution >= 0.6 is 11.6 Å². The van der Waals surface area contributed by atoms with Crippen LogP contribution in [0.5, 0.6) is 0 Å². The van der Waals surface area contributed by atoms with Crippen molar-refractivity contribution < 1.29 is 0 Å². The van der Waals surface area contributed by atoms with E-state index in [4.69, 9.17) is 11.6 Å². The molecule has 0 radical (unpaired) electrons. The number of rotatable bonds is 6. The Hall–Kier alpha value is -1.32. The summed E-state index contributed by atoms with van der Waals surface area (Å²) in [5, 5.41) is 8.74. The largest absolute Gasteiger partial charge is 0.313 e. The molecule has 3 nitrogen and oxygen atoms in total. The molecule has 0 unspecified atom stereocenters. The van der Waals surface area contributed by atoms with Crippen LogP contribution in [0, 0.1) is 6.92 Å². The second kappa shape index (κ2) is 6.91. The molecule has 0 saturated carbocycles. The molecule has 4 heteroatoms. The highest BCUT2D eigenvalue weighted by Gasteiger charge is 2.11. The second-order valence-electron chi connectivity index (χ2n) is 4.96. The topological polar surface area (TPSA) is 29.9 Å². The highest BCUT2D eigenvalue weighted by molar-refractivity contribution is 6.30. The zero-order valence-corrected chi connectivity index (χ0v) is 13.2. The fourth-order valence-electron chi connectivity index (χ4n) is 2.30. The molecule has 0 saturated heterocycles. The van der Waals surface area contributed by atoms with Crippen LogP contribution in [0.15, 0.2) is 24.4 Å². The first-order valence-electron chi connectivity index (χ1n) is 7.19. The standard InChI is InChI=1S/C16H22ClN3/c1-4-8-18-10-13-6-7-14(17)9-15(13)16-11-20(5-2)19-12(16)3/h6-7,9,11,18H,4-5,8,10H2,1-3H3. The van der Waals surface area contributed by atoms with Crippen molar-refractivity contribution in [3.63, 3.8) is 0 Å². The third kappa shape index (κ3) is 3.41. The van der Waals surface area contributed by atoms with E-state index in [0.717, 1.165) is 36.8 Å². The zero-order valence-electron chi connectivity index (χ0n) is 12.4. The first kappa shape index (κ1) is 15.1. The number of aromatic nitrogens is 2. The van der Waals surface area contributed by atoms with Gasteiger partial charge in [0.1, 0.15) is 0 Å². The summed E-state index contributed by atoms with van der Waals surface area (Å²) in [4.78, 5) is 0. The van der Waals surface area contributed by atoms with Crippen molar-refractivity contribution >= 4 is 11.6 Å². The summed E-state index contributed by atoms with van der Waals surface area (Å²) in [6, 6.07) is 6.09. The van der Waals surface area contributed by atoms with E-state index in [-0.39, 0.29) is 0 Å². The number of aryl methyl sites for hydroxylation is 2. The van der Waals surface area contributed by atoms with Crippen molar-refractivity contribution in [3.8, 4) is 11.1 Å². The molecule has 20 heavy (non-hydrogen) atoms. The number of nitrogens with zero attached hydrogens (tertiary/aromatic N) is 2. The van der Waals surface area contributed by atoms with E-state index in [9.17, 15) is 0 Å². The lowest BCUT2D eigenvalue weighted by Gasteiger charge is -2.10. The summed E-state index contributed by atoms with van der Waals surface area (Å²) >= 11 is 6.17. The zero-order chi connectivity index (χ0) is 14.5. The molecule has 0 atom stereocenters. The molecule has 1 N–H and O–H groups in total. The fourth-order valence-corrected chi connectivity index (χ4v) is 2.47. The Labute approximate surface area is 126 Å². The Morgan fingerprint density at radius 2 is 2.05 bits per heavy atom. The van der Waals surface area contributed by atoms with Gasteiger partial charge in [-0.05, 0) is 50.1 Å². The second-order valence-corrected chi connectivity index (χ2v) is 5.40. The highest BCUT2D eigenvalue weighted by atomic mass is 35.5. The first-order chi connectivity index (χ1) is 9.65. The summed E-state index contributed by atoms with van der Waals surface area (Å²) < 4.78 is 1.97. The predicted octanol–water partition coefficient (Wildman–Crippen LogP) is 4.03. The molecule has 2 rings (SSSR count). The van der Waals surface area contributed by atoms with E-state index < -0.39 is 0 Å². The number of hydrogen-bond acceptors (Lipinski definition) is 2. The van der Waals surface area contributed by atoms with Crippen molar-refractivity contribution in [2.24, 2.45) is 0 Å². The normalized spacial score (nSPS) is 11.0. The molecule has 1 heterocycles. The highest BCUT2D eigenvalue weighted by Crippen LogP contribution is 2.29. The number of hydrogen-bond donors (Lipinski definition) is 1. The predicted molar refractivity (Wildman–Crippen MR) is 85.1 cm³/mol. The van der Waals surface area contributed by atoms with Crippen LogP contribution in [0.1, 0.15) is 31.5 Å². The average molecular weight is 292 g/mol. The van der Waals surface area contributed by atoms with Gasteiger partial charge in [-0.15, -0.1) is 0 Å². The molecule has 1 aromatic heterocycles. The van der Waals surface area contributed by atoms with Gasteiger partial charge in [0.15, 0.2) is 0 Å². The summed E-state index contributed by atoms with van der Waals surface area (Å²) in [5.74, 6) is 0. The van der Waals surface area contributed by atoms with Crippen LogP contribution in [0.4, 0.5) is 0 Å². The van der Waals surface area contributed by atoms with Crippen LogP contribution in [-0.2, 0) is 13.1 Å². The summed E-state index contributed by atoms with van der Waals surface area (Å²) in [7, 11) is 0. The molecule has 0 aliphatic carbocycles. The fraction of sp³-hybridized carbons (Fsp3) is 0.438. The Kier molecular flexibility index (Phi) is 5.21. The van der Waals surface area contributed by atoms with Crippen LogP contribution in [0.2, 0.25) is 5.02 Å². The molecule has 0 bridgehead atoms. The Morgan fingerprint density at radius 3 is 2.70 bits per heavy atom. The van der Waals surface area contributed by atoms with E-state index in [0.29, 0.717) is 0 Å². The Bertz CT molecular complexity index is 575. The van der Waals surface area contributed by atoms with E-state index in [1.54, 1.807) is 0 Å². The van der Waals surface area contributed by atoms with Gasteiger partial charge in [-0.25, -0.2) is 0 Å². The minimum absolute atomic E-state index is 0.767. The van der Waals surface area contributed by atoms with Gasteiger partial charge in [0.05, 0.1) is 5.69 Å². The number of benzene rings is 1. The van der Waals surface area contributed by atoms with E-state index in [2.05, 4.69) is 36.5 Å². The maximum absolute atomic E-state index is 6.17. The van der Waals surface area contributed by atoms with Gasteiger partial charge in [-0.1, -0.05) is 24.6 Å². The Balaban J connectivity index is 2.37.